The van der Waals surface area contributed by atoms with Crippen LogP contribution in [0.2, 0.25) is 0 Å². The first-order valence-electron chi connectivity index (χ1n) is 5.26. The summed E-state index contributed by atoms with van der Waals surface area (Å²) < 4.78 is 5.86. The summed E-state index contributed by atoms with van der Waals surface area (Å²) in [4.78, 5) is 14.0. The Labute approximate surface area is 113 Å². The zero-order valence-electron chi connectivity index (χ0n) is 9.98. The van der Waals surface area contributed by atoms with Crippen molar-refractivity contribution in [1.29, 1.82) is 0 Å². The third-order valence-corrected chi connectivity index (χ3v) is 2.53. The van der Waals surface area contributed by atoms with Crippen LogP contribution in [-0.2, 0) is 4.74 Å². The number of aromatic nitrogens is 1. The number of halogens is 1. The first kappa shape index (κ1) is 14.6. The number of nitrogens with zero attached hydrogens (tertiary/aromatic N) is 2. The fourth-order valence-electron chi connectivity index (χ4n) is 1.15. The molecular formula is C11H14BrN3O3. The smallest absolute Gasteiger partial charge is 0.288 e. The first-order chi connectivity index (χ1) is 8.50. The van der Waals surface area contributed by atoms with E-state index < -0.39 is 4.92 Å². The first-order valence-corrected chi connectivity index (χ1v) is 6.06. The summed E-state index contributed by atoms with van der Waals surface area (Å²) in [6.45, 7) is 7.22. The molecule has 0 fully saturated rings. The van der Waals surface area contributed by atoms with E-state index in [-0.39, 0.29) is 5.69 Å². The number of nitro groups is 1. The molecule has 0 aliphatic heterocycles. The van der Waals surface area contributed by atoms with Crippen LogP contribution >= 0.6 is 15.9 Å². The van der Waals surface area contributed by atoms with Gasteiger partial charge in [0.05, 0.1) is 22.6 Å². The maximum atomic E-state index is 10.5. The molecule has 7 heteroatoms. The van der Waals surface area contributed by atoms with Gasteiger partial charge in [-0.3, -0.25) is 10.1 Å². The van der Waals surface area contributed by atoms with Gasteiger partial charge in [-0.1, -0.05) is 12.2 Å². The number of hydrogen-bond donors (Lipinski definition) is 1. The van der Waals surface area contributed by atoms with Crippen molar-refractivity contribution in [2.24, 2.45) is 0 Å². The van der Waals surface area contributed by atoms with Crippen molar-refractivity contribution < 1.29 is 9.66 Å². The molecule has 0 aromatic carbocycles. The van der Waals surface area contributed by atoms with E-state index in [1.807, 2.05) is 6.92 Å². The molecule has 1 aromatic rings. The number of nitrogens with one attached hydrogen (secondary N) is 1. The van der Waals surface area contributed by atoms with Crippen LogP contribution in [-0.4, -0.2) is 29.7 Å². The normalized spacial score (nSPS) is 10.1. The summed E-state index contributed by atoms with van der Waals surface area (Å²) in [5, 5.41) is 13.5. The summed E-state index contributed by atoms with van der Waals surface area (Å²) in [6.07, 6.45) is 1.21. The molecule has 1 aromatic heterocycles. The second-order valence-corrected chi connectivity index (χ2v) is 4.57. The molecule has 0 saturated carbocycles. The topological polar surface area (TPSA) is 77.3 Å². The second-order valence-electron chi connectivity index (χ2n) is 3.72. The molecule has 0 atom stereocenters. The molecule has 1 rings (SSSR count). The molecule has 0 aliphatic carbocycles. The summed E-state index contributed by atoms with van der Waals surface area (Å²) in [7, 11) is 0. The van der Waals surface area contributed by atoms with Gasteiger partial charge in [0.15, 0.2) is 0 Å². The largest absolute Gasteiger partial charge is 0.375 e. The Bertz CT molecular complexity index is 451. The number of rotatable bonds is 7. The average molecular weight is 316 g/mol. The summed E-state index contributed by atoms with van der Waals surface area (Å²) >= 11 is 3.22. The predicted molar refractivity (Wildman–Crippen MR) is 72.7 cm³/mol. The van der Waals surface area contributed by atoms with Crippen molar-refractivity contribution in [1.82, 2.24) is 4.98 Å². The molecule has 0 spiro atoms. The Balaban J connectivity index is 2.43. The molecule has 1 heterocycles. The molecule has 0 amide bonds. The minimum atomic E-state index is -0.489. The van der Waals surface area contributed by atoms with E-state index in [9.17, 15) is 10.1 Å². The van der Waals surface area contributed by atoms with Crippen LogP contribution in [0, 0.1) is 10.1 Å². The van der Waals surface area contributed by atoms with Crippen LogP contribution < -0.4 is 5.32 Å². The quantitative estimate of drug-likeness (QED) is 0.362. The monoisotopic (exact) mass is 315 g/mol. The molecule has 0 aliphatic rings. The molecule has 0 bridgehead atoms. The van der Waals surface area contributed by atoms with E-state index in [1.54, 1.807) is 0 Å². The van der Waals surface area contributed by atoms with E-state index >= 15 is 0 Å². The van der Waals surface area contributed by atoms with Gasteiger partial charge in [0.1, 0.15) is 12.0 Å². The molecule has 0 saturated heterocycles. The van der Waals surface area contributed by atoms with Gasteiger partial charge in [0.25, 0.3) is 5.69 Å². The second kappa shape index (κ2) is 7.07. The highest BCUT2D eigenvalue weighted by atomic mass is 79.9. The fraction of sp³-hybridized carbons (Fsp3) is 0.364. The molecule has 18 heavy (non-hydrogen) atoms. The molecule has 0 radical (unpaired) electrons. The summed E-state index contributed by atoms with van der Waals surface area (Å²) in [6, 6.07) is 1.41. The highest BCUT2D eigenvalue weighted by Gasteiger charge is 2.09. The zero-order valence-corrected chi connectivity index (χ0v) is 11.6. The SMILES string of the molecule is C=C(C)COCCNc1ncc([N+](=O)[O-])cc1Br. The van der Waals surface area contributed by atoms with Crippen molar-refractivity contribution in [2.45, 2.75) is 6.92 Å². The van der Waals surface area contributed by atoms with Gasteiger partial charge in [-0.25, -0.2) is 4.98 Å². The lowest BCUT2D eigenvalue weighted by Gasteiger charge is -2.07. The van der Waals surface area contributed by atoms with Crippen LogP contribution in [0.15, 0.2) is 28.9 Å². The third kappa shape index (κ3) is 4.80. The van der Waals surface area contributed by atoms with E-state index in [1.165, 1.54) is 12.3 Å². The maximum absolute atomic E-state index is 10.5. The standard InChI is InChI=1S/C11H14BrN3O3/c1-8(2)7-18-4-3-13-11-10(12)5-9(6-14-11)15(16)17/h5-6H,1,3-4,7H2,2H3,(H,13,14). The van der Waals surface area contributed by atoms with E-state index in [4.69, 9.17) is 4.74 Å². The average Bonchev–Trinajstić information content (AvgIpc) is 2.29. The Morgan fingerprint density at radius 2 is 2.44 bits per heavy atom. The van der Waals surface area contributed by atoms with Crippen molar-refractivity contribution in [3.63, 3.8) is 0 Å². The lowest BCUT2D eigenvalue weighted by Crippen LogP contribution is -2.11. The number of pyridine rings is 1. The van der Waals surface area contributed by atoms with Crippen LogP contribution in [0.3, 0.4) is 0 Å². The minimum absolute atomic E-state index is 0.0500. The summed E-state index contributed by atoms with van der Waals surface area (Å²) in [5.74, 6) is 0.555. The third-order valence-electron chi connectivity index (χ3n) is 1.92. The van der Waals surface area contributed by atoms with Crippen molar-refractivity contribution in [2.75, 3.05) is 25.1 Å². The fourth-order valence-corrected chi connectivity index (χ4v) is 1.62. The molecular weight excluding hydrogens is 302 g/mol. The Morgan fingerprint density at radius 3 is 3.00 bits per heavy atom. The maximum Gasteiger partial charge on any atom is 0.288 e. The van der Waals surface area contributed by atoms with Crippen molar-refractivity contribution in [3.8, 4) is 0 Å². The lowest BCUT2D eigenvalue weighted by atomic mass is 10.4. The molecule has 0 unspecified atom stereocenters. The van der Waals surface area contributed by atoms with E-state index in [0.29, 0.717) is 30.0 Å². The highest BCUT2D eigenvalue weighted by molar-refractivity contribution is 9.10. The van der Waals surface area contributed by atoms with Crippen LogP contribution in [0.1, 0.15) is 6.92 Å². The van der Waals surface area contributed by atoms with Gasteiger partial charge in [0, 0.05) is 12.6 Å². The zero-order chi connectivity index (χ0) is 13.5. The molecule has 1 N–H and O–H groups in total. The Morgan fingerprint density at radius 1 is 1.72 bits per heavy atom. The van der Waals surface area contributed by atoms with Gasteiger partial charge in [-0.15, -0.1) is 0 Å². The van der Waals surface area contributed by atoms with Gasteiger partial charge >= 0.3 is 0 Å². The highest BCUT2D eigenvalue weighted by Crippen LogP contribution is 2.23. The van der Waals surface area contributed by atoms with Crippen molar-refractivity contribution in [3.05, 3.63) is 39.0 Å². The van der Waals surface area contributed by atoms with Crippen LogP contribution in [0.5, 0.6) is 0 Å². The van der Waals surface area contributed by atoms with E-state index in [0.717, 1.165) is 5.57 Å². The van der Waals surface area contributed by atoms with Crippen LogP contribution in [0.25, 0.3) is 0 Å². The van der Waals surface area contributed by atoms with Gasteiger partial charge in [0.2, 0.25) is 0 Å². The lowest BCUT2D eigenvalue weighted by molar-refractivity contribution is -0.385. The van der Waals surface area contributed by atoms with Gasteiger partial charge in [-0.05, 0) is 22.9 Å². The minimum Gasteiger partial charge on any atom is -0.375 e. The Hall–Kier alpha value is -1.47. The van der Waals surface area contributed by atoms with Crippen molar-refractivity contribution >= 4 is 27.4 Å². The molecule has 6 nitrogen and oxygen atoms in total. The van der Waals surface area contributed by atoms with Crippen LogP contribution in [0.4, 0.5) is 11.5 Å². The number of ether oxygens (including phenoxy) is 1. The molecule has 98 valence electrons. The van der Waals surface area contributed by atoms with Gasteiger partial charge in [-0.2, -0.15) is 0 Å². The Kier molecular flexibility index (Phi) is 5.73. The number of anilines is 1. The number of hydrogen-bond acceptors (Lipinski definition) is 5. The van der Waals surface area contributed by atoms with E-state index in [2.05, 4.69) is 32.8 Å². The summed E-state index contributed by atoms with van der Waals surface area (Å²) in [5.41, 5.74) is 0.913. The van der Waals surface area contributed by atoms with Gasteiger partial charge < -0.3 is 10.1 Å². The predicted octanol–water partition coefficient (Wildman–Crippen LogP) is 2.76.